The van der Waals surface area contributed by atoms with Crippen LogP contribution in [0.5, 0.6) is 0 Å². The number of nitrogens with two attached hydrogens (primary N) is 1. The number of primary amides is 1. The zero-order valence-electron chi connectivity index (χ0n) is 15.6. The van der Waals surface area contributed by atoms with E-state index in [2.05, 4.69) is 15.5 Å². The van der Waals surface area contributed by atoms with Crippen LogP contribution in [0, 0.1) is 17.8 Å². The van der Waals surface area contributed by atoms with Gasteiger partial charge in [0.05, 0.1) is 5.92 Å². The Balaban J connectivity index is 0.00000182. The lowest BCUT2D eigenvalue weighted by Crippen LogP contribution is -2.48. The molecule has 2 atom stereocenters. The zero-order chi connectivity index (χ0) is 17.8. The first-order valence-electron chi connectivity index (χ1n) is 9.15. The number of nitrogens with one attached hydrogen (secondary N) is 2. The fraction of sp³-hybridized carbons (Fsp3) is 0.579. The molecule has 0 aromatic heterocycles. The van der Waals surface area contributed by atoms with Crippen molar-refractivity contribution in [1.82, 2.24) is 10.2 Å². The number of carbonyl (C=O) groups is 2. The number of likely N-dealkylation sites (tertiary alicyclic amines) is 1. The van der Waals surface area contributed by atoms with Crippen molar-refractivity contribution in [2.75, 3.05) is 31.5 Å². The molecule has 27 heavy (non-hydrogen) atoms. The largest absolute Gasteiger partial charge is 0.369 e. The van der Waals surface area contributed by atoms with Crippen molar-refractivity contribution in [3.63, 3.8) is 0 Å². The molecule has 2 saturated heterocycles. The van der Waals surface area contributed by atoms with Gasteiger partial charge in [-0.2, -0.15) is 0 Å². The first-order valence-corrected chi connectivity index (χ1v) is 9.15. The standard InChI is InChI=1S/C19H28N4O2.2ClH/c1-13(16-9-21-10-16)19(25)22-17-7-3-2-5-14(17)11-23-8-4-6-15(12-23)18(20)24;;/h2-3,5,7,13,15-16,21H,4,6,8-12H2,1H3,(H2,20,24)(H,22,25);2*1H. The van der Waals surface area contributed by atoms with Gasteiger partial charge in [-0.25, -0.2) is 0 Å². The molecule has 0 radical (unpaired) electrons. The van der Waals surface area contributed by atoms with Crippen LogP contribution in [-0.4, -0.2) is 42.9 Å². The van der Waals surface area contributed by atoms with Crippen LogP contribution in [0.4, 0.5) is 5.69 Å². The molecule has 0 saturated carbocycles. The summed E-state index contributed by atoms with van der Waals surface area (Å²) in [5, 5.41) is 6.31. The molecule has 152 valence electrons. The fourth-order valence-corrected chi connectivity index (χ4v) is 3.58. The number of amides is 2. The van der Waals surface area contributed by atoms with Crippen molar-refractivity contribution in [1.29, 1.82) is 0 Å². The number of halogens is 2. The molecule has 3 rings (SSSR count). The van der Waals surface area contributed by atoms with Crippen molar-refractivity contribution in [2.24, 2.45) is 23.5 Å². The van der Waals surface area contributed by atoms with E-state index in [1.807, 2.05) is 31.2 Å². The second kappa shape index (κ2) is 10.9. The predicted octanol–water partition coefficient (Wildman–Crippen LogP) is 2.02. The highest BCUT2D eigenvalue weighted by Gasteiger charge is 2.29. The smallest absolute Gasteiger partial charge is 0.227 e. The Morgan fingerprint density at radius 2 is 2.00 bits per heavy atom. The lowest BCUT2D eigenvalue weighted by molar-refractivity contribution is -0.123. The summed E-state index contributed by atoms with van der Waals surface area (Å²) in [6, 6.07) is 7.92. The maximum absolute atomic E-state index is 12.5. The SMILES string of the molecule is CC(C(=O)Nc1ccccc1CN1CCCC(C(N)=O)C1)C1CNC1.Cl.Cl. The topological polar surface area (TPSA) is 87.5 Å². The van der Waals surface area contributed by atoms with Gasteiger partial charge in [-0.15, -0.1) is 24.8 Å². The number of hydrogen-bond donors (Lipinski definition) is 3. The van der Waals surface area contributed by atoms with E-state index in [0.29, 0.717) is 12.5 Å². The Bertz CT molecular complexity index is 640. The lowest BCUT2D eigenvalue weighted by Gasteiger charge is -2.33. The molecule has 2 aliphatic heterocycles. The van der Waals surface area contributed by atoms with Gasteiger partial charge in [0, 0.05) is 24.7 Å². The third-order valence-corrected chi connectivity index (χ3v) is 5.51. The first-order chi connectivity index (χ1) is 12.0. The third-order valence-electron chi connectivity index (χ3n) is 5.51. The number of piperidine rings is 1. The van der Waals surface area contributed by atoms with Crippen LogP contribution in [0.3, 0.4) is 0 Å². The molecular formula is C19H30Cl2N4O2. The van der Waals surface area contributed by atoms with Crippen LogP contribution in [0.25, 0.3) is 0 Å². The normalized spacial score (nSPS) is 21.1. The number of rotatable bonds is 6. The van der Waals surface area contributed by atoms with E-state index < -0.39 is 0 Å². The molecule has 0 spiro atoms. The summed E-state index contributed by atoms with van der Waals surface area (Å²) in [5.74, 6) is 0.220. The summed E-state index contributed by atoms with van der Waals surface area (Å²) in [7, 11) is 0. The summed E-state index contributed by atoms with van der Waals surface area (Å²) < 4.78 is 0. The van der Waals surface area contributed by atoms with Gasteiger partial charge in [-0.05, 0) is 50.0 Å². The maximum Gasteiger partial charge on any atom is 0.227 e. The Morgan fingerprint density at radius 1 is 1.30 bits per heavy atom. The molecule has 1 aromatic rings. The number of carbonyl (C=O) groups excluding carboxylic acids is 2. The molecule has 2 amide bonds. The molecule has 4 N–H and O–H groups in total. The minimum Gasteiger partial charge on any atom is -0.369 e. The van der Waals surface area contributed by atoms with Crippen LogP contribution in [0.1, 0.15) is 25.3 Å². The Labute approximate surface area is 173 Å². The van der Waals surface area contributed by atoms with Gasteiger partial charge >= 0.3 is 0 Å². The minimum atomic E-state index is -0.214. The minimum absolute atomic E-state index is 0. The molecule has 0 bridgehead atoms. The summed E-state index contributed by atoms with van der Waals surface area (Å²) >= 11 is 0. The molecule has 6 nitrogen and oxygen atoms in total. The fourth-order valence-electron chi connectivity index (χ4n) is 3.58. The van der Waals surface area contributed by atoms with Gasteiger partial charge in [-0.3, -0.25) is 14.5 Å². The third kappa shape index (κ3) is 6.07. The highest BCUT2D eigenvalue weighted by Crippen LogP contribution is 2.24. The molecule has 2 fully saturated rings. The number of para-hydroxylation sites is 1. The summed E-state index contributed by atoms with van der Waals surface area (Å²) in [5.41, 5.74) is 7.42. The van der Waals surface area contributed by atoms with Crippen molar-refractivity contribution in [2.45, 2.75) is 26.3 Å². The Kier molecular flexibility index (Phi) is 9.53. The first kappa shape index (κ1) is 23.7. The maximum atomic E-state index is 12.5. The van der Waals surface area contributed by atoms with E-state index in [1.165, 1.54) is 0 Å². The monoisotopic (exact) mass is 416 g/mol. The van der Waals surface area contributed by atoms with Crippen LogP contribution < -0.4 is 16.4 Å². The van der Waals surface area contributed by atoms with E-state index >= 15 is 0 Å². The van der Waals surface area contributed by atoms with Crippen molar-refractivity contribution < 1.29 is 9.59 Å². The zero-order valence-corrected chi connectivity index (χ0v) is 17.3. The average Bonchev–Trinajstić information content (AvgIpc) is 2.55. The number of benzene rings is 1. The molecule has 2 heterocycles. The van der Waals surface area contributed by atoms with Crippen molar-refractivity contribution in [3.8, 4) is 0 Å². The van der Waals surface area contributed by atoms with Crippen LogP contribution in [0.2, 0.25) is 0 Å². The molecular weight excluding hydrogens is 387 g/mol. The van der Waals surface area contributed by atoms with Gasteiger partial charge < -0.3 is 16.4 Å². The lowest BCUT2D eigenvalue weighted by atomic mass is 9.88. The van der Waals surface area contributed by atoms with Crippen molar-refractivity contribution >= 4 is 42.3 Å². The highest BCUT2D eigenvalue weighted by molar-refractivity contribution is 5.93. The Hall–Kier alpha value is -1.34. The van der Waals surface area contributed by atoms with Gasteiger partial charge in [0.15, 0.2) is 0 Å². The number of anilines is 1. The van der Waals surface area contributed by atoms with E-state index in [-0.39, 0.29) is 48.5 Å². The second-order valence-electron chi connectivity index (χ2n) is 7.33. The van der Waals surface area contributed by atoms with Crippen molar-refractivity contribution in [3.05, 3.63) is 29.8 Å². The van der Waals surface area contributed by atoms with Crippen LogP contribution in [-0.2, 0) is 16.1 Å². The number of nitrogens with zero attached hydrogens (tertiary/aromatic N) is 1. The summed E-state index contributed by atoms with van der Waals surface area (Å²) in [6.07, 6.45) is 1.85. The molecule has 2 unspecified atom stereocenters. The van der Waals surface area contributed by atoms with E-state index in [1.54, 1.807) is 0 Å². The predicted molar refractivity (Wildman–Crippen MR) is 112 cm³/mol. The van der Waals surface area contributed by atoms with Gasteiger partial charge in [0.25, 0.3) is 0 Å². The van der Waals surface area contributed by atoms with Gasteiger partial charge in [-0.1, -0.05) is 25.1 Å². The summed E-state index contributed by atoms with van der Waals surface area (Å²) in [4.78, 5) is 26.2. The van der Waals surface area contributed by atoms with E-state index in [0.717, 1.165) is 50.3 Å². The summed E-state index contributed by atoms with van der Waals surface area (Å²) in [6.45, 7) is 6.19. The van der Waals surface area contributed by atoms with Gasteiger partial charge in [0.2, 0.25) is 11.8 Å². The molecule has 1 aromatic carbocycles. The molecule has 8 heteroatoms. The van der Waals surface area contributed by atoms with Gasteiger partial charge in [0.1, 0.15) is 0 Å². The number of hydrogen-bond acceptors (Lipinski definition) is 4. The van der Waals surface area contributed by atoms with Crippen LogP contribution in [0.15, 0.2) is 24.3 Å². The highest BCUT2D eigenvalue weighted by atomic mass is 35.5. The van der Waals surface area contributed by atoms with E-state index in [4.69, 9.17) is 5.73 Å². The molecule has 2 aliphatic rings. The second-order valence-corrected chi connectivity index (χ2v) is 7.33. The van der Waals surface area contributed by atoms with Crippen LogP contribution >= 0.6 is 24.8 Å². The van der Waals surface area contributed by atoms with E-state index in [9.17, 15) is 9.59 Å². The Morgan fingerprint density at radius 3 is 2.63 bits per heavy atom. The molecule has 0 aliphatic carbocycles. The average molecular weight is 417 g/mol. The quantitative estimate of drug-likeness (QED) is 0.661.